The maximum absolute atomic E-state index is 13.2. The number of azo groups is 1. The van der Waals surface area contributed by atoms with Crippen molar-refractivity contribution in [2.45, 2.75) is 6.92 Å². The van der Waals surface area contributed by atoms with E-state index in [1.54, 1.807) is 11.3 Å². The molecule has 0 saturated heterocycles. The maximum atomic E-state index is 13.2. The van der Waals surface area contributed by atoms with Gasteiger partial charge in [0, 0.05) is 5.56 Å². The molecular formula is C23H17N5OS. The van der Waals surface area contributed by atoms with Crippen LogP contribution in [0.2, 0.25) is 0 Å². The second-order valence-corrected chi connectivity index (χ2v) is 8.00. The fourth-order valence-electron chi connectivity index (χ4n) is 3.28. The predicted octanol–water partition coefficient (Wildman–Crippen LogP) is 6.17. The summed E-state index contributed by atoms with van der Waals surface area (Å²) in [5, 5.41) is 12.9. The fraction of sp³-hybridized carbons (Fsp3) is 0.0435. The van der Waals surface area contributed by atoms with Gasteiger partial charge in [0.15, 0.2) is 5.69 Å². The third-order valence-corrected chi connectivity index (χ3v) is 5.62. The second kappa shape index (κ2) is 7.53. The highest BCUT2D eigenvalue weighted by Gasteiger charge is 2.16. The predicted molar refractivity (Wildman–Crippen MR) is 120 cm³/mol. The topological polar surface area (TPSA) is 75.4 Å². The van der Waals surface area contributed by atoms with Crippen LogP contribution in [0.25, 0.3) is 27.2 Å². The molecule has 0 bridgehead atoms. The van der Waals surface area contributed by atoms with Crippen LogP contribution in [-0.4, -0.2) is 14.8 Å². The molecule has 2 aromatic heterocycles. The number of aryl methyl sites for hydroxylation is 1. The number of thiazole rings is 1. The van der Waals surface area contributed by atoms with Gasteiger partial charge in [-0.15, -0.1) is 16.5 Å². The molecule has 5 rings (SSSR count). The number of nitrogens with one attached hydrogen (secondary N) is 1. The lowest BCUT2D eigenvalue weighted by molar-refractivity contribution is 0.852. The third kappa shape index (κ3) is 3.35. The summed E-state index contributed by atoms with van der Waals surface area (Å²) in [6.07, 6.45) is 0. The highest BCUT2D eigenvalue weighted by Crippen LogP contribution is 2.30. The number of rotatable bonds is 4. The molecular weight excluding hydrogens is 394 g/mol. The van der Waals surface area contributed by atoms with Crippen LogP contribution in [-0.2, 0) is 0 Å². The smallest absolute Gasteiger partial charge is 0.288 e. The van der Waals surface area contributed by atoms with Gasteiger partial charge in [-0.1, -0.05) is 48.5 Å². The van der Waals surface area contributed by atoms with Gasteiger partial charge in [-0.2, -0.15) is 5.11 Å². The molecule has 146 valence electrons. The minimum atomic E-state index is -0.251. The van der Waals surface area contributed by atoms with Gasteiger partial charge in [0.25, 0.3) is 5.56 Å². The number of aromatic nitrogens is 3. The van der Waals surface area contributed by atoms with Crippen molar-refractivity contribution >= 4 is 32.9 Å². The Kier molecular flexibility index (Phi) is 4.57. The first-order valence-electron chi connectivity index (χ1n) is 9.44. The number of benzene rings is 3. The summed E-state index contributed by atoms with van der Waals surface area (Å²) >= 11 is 1.61. The fourth-order valence-corrected chi connectivity index (χ4v) is 4.14. The zero-order valence-electron chi connectivity index (χ0n) is 16.1. The standard InChI is InChI=1S/C23H17N5OS/c1-15-24-19-13-12-17(14-20(19)30-15)25-26-22-21(16-8-4-2-5-9-16)27-28(23(22)29)18-10-6-3-7-11-18/h2-14,27H,1H3. The van der Waals surface area contributed by atoms with E-state index in [9.17, 15) is 4.79 Å². The normalized spacial score (nSPS) is 11.5. The highest BCUT2D eigenvalue weighted by molar-refractivity contribution is 7.18. The van der Waals surface area contributed by atoms with Crippen LogP contribution in [0, 0.1) is 6.92 Å². The zero-order chi connectivity index (χ0) is 20.5. The van der Waals surface area contributed by atoms with E-state index in [0.29, 0.717) is 11.4 Å². The minimum absolute atomic E-state index is 0.251. The Bertz CT molecular complexity index is 1410. The van der Waals surface area contributed by atoms with E-state index >= 15 is 0 Å². The molecule has 6 nitrogen and oxygen atoms in total. The summed E-state index contributed by atoms with van der Waals surface area (Å²) in [6.45, 7) is 1.98. The lowest BCUT2D eigenvalue weighted by atomic mass is 10.1. The molecule has 0 aliphatic rings. The number of fused-ring (bicyclic) bond motifs is 1. The van der Waals surface area contributed by atoms with Gasteiger partial charge >= 0.3 is 0 Å². The maximum Gasteiger partial charge on any atom is 0.299 e. The van der Waals surface area contributed by atoms with Crippen LogP contribution in [0.15, 0.2) is 93.9 Å². The van der Waals surface area contributed by atoms with Gasteiger partial charge in [0.05, 0.1) is 32.3 Å². The quantitative estimate of drug-likeness (QED) is 0.359. The Morgan fingerprint density at radius 2 is 1.67 bits per heavy atom. The summed E-state index contributed by atoms with van der Waals surface area (Å²) in [5.41, 5.74) is 3.87. The zero-order valence-corrected chi connectivity index (χ0v) is 16.9. The van der Waals surface area contributed by atoms with Crippen LogP contribution in [0.4, 0.5) is 11.4 Å². The molecule has 0 aliphatic carbocycles. The van der Waals surface area contributed by atoms with Crippen LogP contribution < -0.4 is 5.56 Å². The molecule has 0 saturated carbocycles. The van der Waals surface area contributed by atoms with Crippen LogP contribution in [0.5, 0.6) is 0 Å². The van der Waals surface area contributed by atoms with Crippen LogP contribution in [0.3, 0.4) is 0 Å². The number of H-pyrrole nitrogens is 1. The number of para-hydroxylation sites is 1. The average molecular weight is 411 g/mol. The molecule has 0 amide bonds. The first-order chi connectivity index (χ1) is 14.7. The molecule has 0 spiro atoms. The lowest BCUT2D eigenvalue weighted by Gasteiger charge is -2.01. The first-order valence-corrected chi connectivity index (χ1v) is 10.3. The van der Waals surface area contributed by atoms with Gasteiger partial charge in [-0.3, -0.25) is 9.89 Å². The average Bonchev–Trinajstić information content (AvgIpc) is 3.32. The molecule has 0 aliphatic heterocycles. The molecule has 0 radical (unpaired) electrons. The third-order valence-electron chi connectivity index (χ3n) is 4.69. The Morgan fingerprint density at radius 1 is 0.933 bits per heavy atom. The van der Waals surface area contributed by atoms with E-state index in [1.165, 1.54) is 4.68 Å². The van der Waals surface area contributed by atoms with Crippen molar-refractivity contribution in [3.8, 4) is 16.9 Å². The summed E-state index contributed by atoms with van der Waals surface area (Å²) < 4.78 is 2.54. The summed E-state index contributed by atoms with van der Waals surface area (Å²) in [5.74, 6) is 0. The van der Waals surface area contributed by atoms with Gasteiger partial charge in [-0.05, 0) is 37.3 Å². The van der Waals surface area contributed by atoms with Crippen LogP contribution >= 0.6 is 11.3 Å². The lowest BCUT2D eigenvalue weighted by Crippen LogP contribution is -2.13. The molecule has 1 N–H and O–H groups in total. The molecule has 30 heavy (non-hydrogen) atoms. The van der Waals surface area contributed by atoms with Crippen molar-refractivity contribution < 1.29 is 0 Å². The second-order valence-electron chi connectivity index (χ2n) is 6.76. The monoisotopic (exact) mass is 411 g/mol. The van der Waals surface area contributed by atoms with Gasteiger partial charge < -0.3 is 0 Å². The molecule has 0 fully saturated rings. The van der Waals surface area contributed by atoms with Crippen molar-refractivity contribution in [3.05, 3.63) is 94.2 Å². The van der Waals surface area contributed by atoms with Crippen molar-refractivity contribution in [1.82, 2.24) is 14.8 Å². The molecule has 0 unspecified atom stereocenters. The molecule has 3 aromatic carbocycles. The summed E-state index contributed by atoms with van der Waals surface area (Å²) in [7, 11) is 0. The number of nitrogens with zero attached hydrogens (tertiary/aromatic N) is 4. The van der Waals surface area contributed by atoms with E-state index in [4.69, 9.17) is 0 Å². The van der Waals surface area contributed by atoms with Gasteiger partial charge in [0.1, 0.15) is 0 Å². The minimum Gasteiger partial charge on any atom is -0.288 e. The summed E-state index contributed by atoms with van der Waals surface area (Å²) in [6, 6.07) is 24.8. The number of aromatic amines is 1. The van der Waals surface area contributed by atoms with Crippen molar-refractivity contribution in [2.24, 2.45) is 10.2 Å². The molecule has 2 heterocycles. The highest BCUT2D eigenvalue weighted by atomic mass is 32.1. The van der Waals surface area contributed by atoms with Gasteiger partial charge in [-0.25, -0.2) is 9.67 Å². The Balaban J connectivity index is 1.63. The van der Waals surface area contributed by atoms with E-state index in [0.717, 1.165) is 26.5 Å². The number of hydrogen-bond acceptors (Lipinski definition) is 5. The van der Waals surface area contributed by atoms with E-state index in [-0.39, 0.29) is 11.2 Å². The van der Waals surface area contributed by atoms with Crippen molar-refractivity contribution in [2.75, 3.05) is 0 Å². The van der Waals surface area contributed by atoms with E-state index in [1.807, 2.05) is 85.8 Å². The Labute approximate surface area is 176 Å². The van der Waals surface area contributed by atoms with E-state index in [2.05, 4.69) is 20.3 Å². The van der Waals surface area contributed by atoms with Gasteiger partial charge in [0.2, 0.25) is 0 Å². The van der Waals surface area contributed by atoms with Crippen LogP contribution in [0.1, 0.15) is 5.01 Å². The summed E-state index contributed by atoms with van der Waals surface area (Å²) in [4.78, 5) is 17.6. The Morgan fingerprint density at radius 3 is 2.43 bits per heavy atom. The SMILES string of the molecule is Cc1nc2ccc(N=Nc3c(-c4ccccc4)[nH]n(-c4ccccc4)c3=O)cc2s1. The largest absolute Gasteiger partial charge is 0.299 e. The molecule has 0 atom stereocenters. The molecule has 7 heteroatoms. The molecule has 5 aromatic rings. The Hall–Kier alpha value is -3.84. The van der Waals surface area contributed by atoms with Crippen molar-refractivity contribution in [3.63, 3.8) is 0 Å². The first kappa shape index (κ1) is 18.2. The number of hydrogen-bond donors (Lipinski definition) is 1. The van der Waals surface area contributed by atoms with E-state index < -0.39 is 0 Å². The van der Waals surface area contributed by atoms with Crippen molar-refractivity contribution in [1.29, 1.82) is 0 Å².